The maximum Gasteiger partial charge on any atom is 0.307 e. The average molecular weight is 286 g/mol. The van der Waals surface area contributed by atoms with Crippen LogP contribution >= 0.6 is 0 Å². The summed E-state index contributed by atoms with van der Waals surface area (Å²) in [5.74, 6) is -1.50. The number of nitrogens with zero attached hydrogens (tertiary/aromatic N) is 2. The van der Waals surface area contributed by atoms with Crippen molar-refractivity contribution < 1.29 is 21.5 Å². The number of anilines is 1. The Morgan fingerprint density at radius 1 is 1.42 bits per heavy atom. The number of benzene rings is 1. The second kappa shape index (κ2) is 4.59. The third-order valence-corrected chi connectivity index (χ3v) is 3.97. The van der Waals surface area contributed by atoms with Gasteiger partial charge in [-0.25, -0.2) is 4.39 Å². The highest BCUT2D eigenvalue weighted by Crippen LogP contribution is 2.28. The number of rotatable bonds is 2. The zero-order valence-electron chi connectivity index (χ0n) is 9.51. The standard InChI is InChI=1S/C11H8F2N2O3S/c12-9-3-7(5-14)1-2-10(9)15-6-8(4-11(15)16)19(13,17)18/h1-3,8H,4,6H2. The number of halogens is 2. The second-order valence-electron chi connectivity index (χ2n) is 4.08. The number of nitriles is 1. The normalized spacial score (nSPS) is 19.5. The van der Waals surface area contributed by atoms with E-state index in [0.717, 1.165) is 11.0 Å². The molecule has 1 unspecified atom stereocenters. The molecule has 1 heterocycles. The first-order chi connectivity index (χ1) is 8.82. The highest BCUT2D eigenvalue weighted by molar-refractivity contribution is 7.87. The summed E-state index contributed by atoms with van der Waals surface area (Å²) in [4.78, 5) is 12.5. The van der Waals surface area contributed by atoms with E-state index < -0.39 is 40.2 Å². The van der Waals surface area contributed by atoms with Crippen LogP contribution in [0.25, 0.3) is 0 Å². The minimum atomic E-state index is -4.84. The summed E-state index contributed by atoms with van der Waals surface area (Å²) in [6, 6.07) is 5.15. The molecule has 0 radical (unpaired) electrons. The van der Waals surface area contributed by atoms with Gasteiger partial charge >= 0.3 is 10.2 Å². The quantitative estimate of drug-likeness (QED) is 0.763. The summed E-state index contributed by atoms with van der Waals surface area (Å²) in [5.41, 5.74) is -0.0855. The van der Waals surface area contributed by atoms with Gasteiger partial charge in [0.2, 0.25) is 5.91 Å². The third-order valence-electron chi connectivity index (χ3n) is 2.86. The smallest absolute Gasteiger partial charge is 0.307 e. The zero-order valence-corrected chi connectivity index (χ0v) is 10.3. The molecule has 1 fully saturated rings. The molecule has 2 rings (SSSR count). The maximum atomic E-state index is 13.7. The summed E-state index contributed by atoms with van der Waals surface area (Å²) in [7, 11) is -4.84. The molecule has 0 N–H and O–H groups in total. The first kappa shape index (κ1) is 13.4. The molecule has 1 atom stereocenters. The SMILES string of the molecule is N#Cc1ccc(N2CC(S(=O)(=O)F)CC2=O)c(F)c1. The van der Waals surface area contributed by atoms with Gasteiger partial charge in [-0.05, 0) is 18.2 Å². The molecule has 0 aliphatic carbocycles. The van der Waals surface area contributed by atoms with Crippen LogP contribution in [0.15, 0.2) is 18.2 Å². The van der Waals surface area contributed by atoms with Gasteiger partial charge < -0.3 is 4.90 Å². The third kappa shape index (κ3) is 2.56. The molecule has 0 bridgehead atoms. The molecule has 100 valence electrons. The van der Waals surface area contributed by atoms with E-state index in [0.29, 0.717) is 0 Å². The number of hydrogen-bond acceptors (Lipinski definition) is 4. The number of hydrogen-bond donors (Lipinski definition) is 0. The number of amides is 1. The Morgan fingerprint density at radius 3 is 2.58 bits per heavy atom. The van der Waals surface area contributed by atoms with Crippen LogP contribution in [0.4, 0.5) is 14.0 Å². The highest BCUT2D eigenvalue weighted by Gasteiger charge is 2.39. The summed E-state index contributed by atoms with van der Waals surface area (Å²) in [5, 5.41) is 7.12. The fourth-order valence-electron chi connectivity index (χ4n) is 1.89. The van der Waals surface area contributed by atoms with E-state index in [2.05, 4.69) is 0 Å². The molecule has 5 nitrogen and oxygen atoms in total. The molecular weight excluding hydrogens is 278 g/mol. The van der Waals surface area contributed by atoms with Crippen molar-refractivity contribution in [3.8, 4) is 6.07 Å². The van der Waals surface area contributed by atoms with Gasteiger partial charge in [-0.1, -0.05) is 0 Å². The topological polar surface area (TPSA) is 78.2 Å². The molecule has 1 aromatic carbocycles. The second-order valence-corrected chi connectivity index (χ2v) is 5.70. The molecule has 8 heteroatoms. The molecule has 0 saturated carbocycles. The first-order valence-corrected chi connectivity index (χ1v) is 6.71. The Bertz CT molecular complexity index is 682. The van der Waals surface area contributed by atoms with Gasteiger partial charge in [-0.15, -0.1) is 3.89 Å². The van der Waals surface area contributed by atoms with Crippen LogP contribution in [0.3, 0.4) is 0 Å². The predicted octanol–water partition coefficient (Wildman–Crippen LogP) is 1.10. The zero-order chi connectivity index (χ0) is 14.2. The summed E-state index contributed by atoms with van der Waals surface area (Å²) in [6.07, 6.45) is -0.516. The molecule has 1 amide bonds. The van der Waals surface area contributed by atoms with Crippen molar-refractivity contribution in [2.75, 3.05) is 11.4 Å². The fraction of sp³-hybridized carbons (Fsp3) is 0.273. The van der Waals surface area contributed by atoms with Crippen molar-refractivity contribution >= 4 is 21.8 Å². The molecule has 1 aliphatic rings. The minimum Gasteiger partial charge on any atom is -0.308 e. The monoisotopic (exact) mass is 286 g/mol. The van der Waals surface area contributed by atoms with Gasteiger partial charge in [0.05, 0.1) is 17.3 Å². The lowest BCUT2D eigenvalue weighted by atomic mass is 10.2. The van der Waals surface area contributed by atoms with E-state index in [1.165, 1.54) is 12.1 Å². The molecule has 0 aromatic heterocycles. The van der Waals surface area contributed by atoms with Crippen molar-refractivity contribution in [1.82, 2.24) is 0 Å². The Balaban J connectivity index is 2.34. The summed E-state index contributed by atoms with van der Waals surface area (Å²) in [6.45, 7) is -0.430. The van der Waals surface area contributed by atoms with Gasteiger partial charge in [0.1, 0.15) is 11.1 Å². The van der Waals surface area contributed by atoms with E-state index in [1.807, 2.05) is 0 Å². The molecule has 0 spiro atoms. The van der Waals surface area contributed by atoms with E-state index in [1.54, 1.807) is 6.07 Å². The molecule has 1 aliphatic heterocycles. The van der Waals surface area contributed by atoms with Crippen molar-refractivity contribution in [3.63, 3.8) is 0 Å². The van der Waals surface area contributed by atoms with Crippen LogP contribution in [0.5, 0.6) is 0 Å². The van der Waals surface area contributed by atoms with Crippen molar-refractivity contribution in [1.29, 1.82) is 5.26 Å². The number of carbonyl (C=O) groups excluding carboxylic acids is 1. The van der Waals surface area contributed by atoms with Crippen LogP contribution in [-0.4, -0.2) is 26.1 Å². The number of carbonyl (C=O) groups is 1. The van der Waals surface area contributed by atoms with E-state index >= 15 is 0 Å². The van der Waals surface area contributed by atoms with Crippen LogP contribution < -0.4 is 4.90 Å². The van der Waals surface area contributed by atoms with Crippen LogP contribution in [0.1, 0.15) is 12.0 Å². The maximum absolute atomic E-state index is 13.7. The summed E-state index contributed by atoms with van der Waals surface area (Å²) >= 11 is 0. The van der Waals surface area contributed by atoms with Crippen molar-refractivity contribution in [2.45, 2.75) is 11.7 Å². The summed E-state index contributed by atoms with van der Waals surface area (Å²) < 4.78 is 48.0. The van der Waals surface area contributed by atoms with Gasteiger partial charge in [0, 0.05) is 13.0 Å². The van der Waals surface area contributed by atoms with E-state index in [-0.39, 0.29) is 11.3 Å². The minimum absolute atomic E-state index is 0.0718. The Kier molecular flexibility index (Phi) is 3.24. The van der Waals surface area contributed by atoms with Gasteiger partial charge in [0.25, 0.3) is 0 Å². The largest absolute Gasteiger partial charge is 0.308 e. The fourth-order valence-corrected chi connectivity index (χ4v) is 2.56. The van der Waals surface area contributed by atoms with Gasteiger partial charge in [-0.3, -0.25) is 4.79 Å². The van der Waals surface area contributed by atoms with Crippen molar-refractivity contribution in [2.24, 2.45) is 0 Å². The molecule has 19 heavy (non-hydrogen) atoms. The van der Waals surface area contributed by atoms with E-state index in [4.69, 9.17) is 5.26 Å². The Labute approximate surface area is 108 Å². The Hall–Kier alpha value is -2.01. The molecule has 1 aromatic rings. The lowest BCUT2D eigenvalue weighted by Gasteiger charge is -2.16. The van der Waals surface area contributed by atoms with Crippen LogP contribution in [-0.2, 0) is 15.0 Å². The predicted molar refractivity (Wildman–Crippen MR) is 61.9 cm³/mol. The van der Waals surface area contributed by atoms with Gasteiger partial charge in [0.15, 0.2) is 0 Å². The Morgan fingerprint density at radius 2 is 2.11 bits per heavy atom. The lowest BCUT2D eigenvalue weighted by molar-refractivity contribution is -0.117. The van der Waals surface area contributed by atoms with Gasteiger partial charge in [-0.2, -0.15) is 13.7 Å². The average Bonchev–Trinajstić information content (AvgIpc) is 2.71. The van der Waals surface area contributed by atoms with Crippen LogP contribution in [0, 0.1) is 17.1 Å². The molecule has 1 saturated heterocycles. The van der Waals surface area contributed by atoms with Crippen LogP contribution in [0.2, 0.25) is 0 Å². The molecular formula is C11H8F2N2O3S. The highest BCUT2D eigenvalue weighted by atomic mass is 32.3. The van der Waals surface area contributed by atoms with Crippen molar-refractivity contribution in [3.05, 3.63) is 29.6 Å². The first-order valence-electron chi connectivity index (χ1n) is 5.26. The van der Waals surface area contributed by atoms with E-state index in [9.17, 15) is 21.5 Å². The lowest BCUT2D eigenvalue weighted by Crippen LogP contribution is -2.27.